The predicted molar refractivity (Wildman–Crippen MR) is 155 cm³/mol. The molecule has 10 nitrogen and oxygen atoms in total. The summed E-state index contributed by atoms with van der Waals surface area (Å²) in [6.07, 6.45) is -0.189. The van der Waals surface area contributed by atoms with Gasteiger partial charge in [0.25, 0.3) is 5.56 Å². The van der Waals surface area contributed by atoms with Crippen molar-refractivity contribution in [2.75, 3.05) is 11.4 Å². The quantitative estimate of drug-likeness (QED) is 0.368. The Hall–Kier alpha value is -4.25. The van der Waals surface area contributed by atoms with E-state index in [4.69, 9.17) is 9.72 Å². The molecule has 1 aliphatic rings. The molecule has 2 aromatic heterocycles. The molecule has 0 unspecified atom stereocenters. The molecule has 5 rings (SSSR count). The largest absolute Gasteiger partial charge is 0.444 e. The second-order valence-corrected chi connectivity index (χ2v) is 11.7. The molecule has 0 bridgehead atoms. The molecule has 2 atom stereocenters. The van der Waals surface area contributed by atoms with Gasteiger partial charge in [0.15, 0.2) is 15.5 Å². The summed E-state index contributed by atoms with van der Waals surface area (Å²) in [5, 5.41) is 6.40. The normalized spacial score (nSPS) is 17.1. The Labute approximate surface area is 236 Å². The van der Waals surface area contributed by atoms with Crippen molar-refractivity contribution in [3.8, 4) is 11.4 Å². The van der Waals surface area contributed by atoms with Crippen LogP contribution >= 0.6 is 11.3 Å². The fourth-order valence-electron chi connectivity index (χ4n) is 4.69. The van der Waals surface area contributed by atoms with Crippen molar-refractivity contribution in [3.05, 3.63) is 76.6 Å². The Morgan fingerprint density at radius 3 is 2.40 bits per heavy atom. The van der Waals surface area contributed by atoms with Gasteiger partial charge < -0.3 is 20.3 Å². The maximum atomic E-state index is 13.4. The summed E-state index contributed by atoms with van der Waals surface area (Å²) in [5.41, 5.74) is 1.13. The third kappa shape index (κ3) is 5.99. The molecular weight excluding hydrogens is 528 g/mol. The Morgan fingerprint density at radius 1 is 1.05 bits per heavy atom. The van der Waals surface area contributed by atoms with Crippen LogP contribution < -0.4 is 21.1 Å². The topological polar surface area (TPSA) is 118 Å². The summed E-state index contributed by atoms with van der Waals surface area (Å²) in [6, 6.07) is 18.2. The first-order chi connectivity index (χ1) is 19.1. The lowest BCUT2D eigenvalue weighted by atomic mass is 10.1. The molecule has 0 aliphatic carbocycles. The predicted octanol–water partition coefficient (Wildman–Crippen LogP) is 3.85. The molecule has 4 aromatic rings. The van der Waals surface area contributed by atoms with E-state index in [0.717, 1.165) is 11.1 Å². The highest BCUT2D eigenvalue weighted by molar-refractivity contribution is 7.21. The van der Waals surface area contributed by atoms with Gasteiger partial charge in [0.05, 0.1) is 6.04 Å². The number of benzene rings is 2. The van der Waals surface area contributed by atoms with Crippen LogP contribution in [0.25, 0.3) is 21.7 Å². The van der Waals surface area contributed by atoms with Gasteiger partial charge in [-0.05, 0) is 32.8 Å². The zero-order valence-electron chi connectivity index (χ0n) is 22.9. The van der Waals surface area contributed by atoms with E-state index in [1.165, 1.54) is 15.9 Å². The second kappa shape index (κ2) is 11.1. The summed E-state index contributed by atoms with van der Waals surface area (Å²) < 4.78 is 6.93. The van der Waals surface area contributed by atoms with Crippen LogP contribution in [0, 0.1) is 0 Å². The lowest BCUT2D eigenvalue weighted by molar-refractivity contribution is -0.122. The highest BCUT2D eigenvalue weighted by Gasteiger charge is 2.40. The number of aromatic nitrogens is 3. The number of ether oxygens (including phenoxy) is 1. The van der Waals surface area contributed by atoms with Crippen LogP contribution in [-0.2, 0) is 23.1 Å². The third-order valence-corrected chi connectivity index (χ3v) is 7.53. The minimum atomic E-state index is -0.649. The van der Waals surface area contributed by atoms with Crippen LogP contribution in [-0.4, -0.2) is 50.8 Å². The highest BCUT2D eigenvalue weighted by atomic mass is 32.1. The molecule has 2 aromatic carbocycles. The molecule has 208 valence electrons. The molecule has 3 heterocycles. The van der Waals surface area contributed by atoms with E-state index in [2.05, 4.69) is 15.6 Å². The molecule has 0 radical (unpaired) electrons. The monoisotopic (exact) mass is 560 g/mol. The average molecular weight is 561 g/mol. The number of amides is 2. The molecule has 0 saturated carbocycles. The van der Waals surface area contributed by atoms with Crippen LogP contribution in [0.5, 0.6) is 0 Å². The van der Waals surface area contributed by atoms with Gasteiger partial charge in [-0.1, -0.05) is 72.0 Å². The fraction of sp³-hybridized carbons (Fsp3) is 0.345. The van der Waals surface area contributed by atoms with E-state index < -0.39 is 17.7 Å². The zero-order valence-corrected chi connectivity index (χ0v) is 23.7. The van der Waals surface area contributed by atoms with E-state index in [0.29, 0.717) is 35.3 Å². The van der Waals surface area contributed by atoms with E-state index >= 15 is 0 Å². The number of nitrogens with one attached hydrogen (secondary N) is 2. The number of alkyl carbamates (subject to hydrolysis) is 1. The maximum Gasteiger partial charge on any atom is 0.407 e. The first-order valence-corrected chi connectivity index (χ1v) is 13.9. The number of anilines is 1. The van der Waals surface area contributed by atoms with Gasteiger partial charge in [-0.25, -0.2) is 14.8 Å². The van der Waals surface area contributed by atoms with Crippen molar-refractivity contribution in [1.29, 1.82) is 0 Å². The standard InChI is InChI=1S/C29H32N6O4S/c1-29(2,3)39-28(38)31-20-15-21(24(36)30-16-18-11-7-5-8-12-18)35(17-20)27-32-22-25(40-27)33-23(34(4)26(22)37)19-13-9-6-10-14-19/h5-14,20-21H,15-17H2,1-4H3,(H,30,36)(H,31,38)/t20-,21-/m1/s1. The van der Waals surface area contributed by atoms with Gasteiger partial charge in [-0.2, -0.15) is 0 Å². The Bertz CT molecular complexity index is 1580. The first kappa shape index (κ1) is 27.3. The average Bonchev–Trinajstić information content (AvgIpc) is 3.54. The van der Waals surface area contributed by atoms with Gasteiger partial charge in [0.1, 0.15) is 17.5 Å². The summed E-state index contributed by atoms with van der Waals surface area (Å²) in [4.78, 5) is 50.9. The summed E-state index contributed by atoms with van der Waals surface area (Å²) >= 11 is 1.26. The van der Waals surface area contributed by atoms with E-state index in [1.807, 2.05) is 65.6 Å². The molecule has 0 spiro atoms. The first-order valence-electron chi connectivity index (χ1n) is 13.1. The maximum absolute atomic E-state index is 13.4. The Kier molecular flexibility index (Phi) is 7.57. The SMILES string of the molecule is Cn1c(-c2ccccc2)nc2sc(N3C[C@H](NC(=O)OC(C)(C)C)C[C@@H]3C(=O)NCc3ccccc3)nc2c1=O. The summed E-state index contributed by atoms with van der Waals surface area (Å²) in [5.74, 6) is 0.346. The highest BCUT2D eigenvalue weighted by Crippen LogP contribution is 2.33. The fourth-order valence-corrected chi connectivity index (χ4v) is 5.68. The van der Waals surface area contributed by atoms with E-state index in [9.17, 15) is 14.4 Å². The molecular formula is C29H32N6O4S. The second-order valence-electron chi connectivity index (χ2n) is 10.8. The van der Waals surface area contributed by atoms with Crippen LogP contribution in [0.1, 0.15) is 32.8 Å². The lowest BCUT2D eigenvalue weighted by Crippen LogP contribution is -2.43. The van der Waals surface area contributed by atoms with Crippen molar-refractivity contribution in [2.45, 2.75) is 51.4 Å². The molecule has 2 amide bonds. The van der Waals surface area contributed by atoms with Crippen LogP contribution in [0.4, 0.5) is 9.93 Å². The number of thiazole rings is 1. The zero-order chi connectivity index (χ0) is 28.4. The van der Waals surface area contributed by atoms with E-state index in [-0.39, 0.29) is 23.0 Å². The van der Waals surface area contributed by atoms with Gasteiger partial charge in [0, 0.05) is 25.7 Å². The number of rotatable bonds is 6. The Morgan fingerprint density at radius 2 is 1.73 bits per heavy atom. The number of hydrogen-bond acceptors (Lipinski definition) is 8. The van der Waals surface area contributed by atoms with Gasteiger partial charge in [-0.3, -0.25) is 14.2 Å². The number of fused-ring (bicyclic) bond motifs is 1. The minimum absolute atomic E-state index is 0.192. The summed E-state index contributed by atoms with van der Waals surface area (Å²) in [6.45, 7) is 6.09. The van der Waals surface area contributed by atoms with Gasteiger partial charge >= 0.3 is 6.09 Å². The van der Waals surface area contributed by atoms with Crippen molar-refractivity contribution in [1.82, 2.24) is 25.2 Å². The van der Waals surface area contributed by atoms with Crippen molar-refractivity contribution >= 4 is 38.8 Å². The molecule has 1 aliphatic heterocycles. The molecule has 11 heteroatoms. The summed E-state index contributed by atoms with van der Waals surface area (Å²) in [7, 11) is 1.67. The minimum Gasteiger partial charge on any atom is -0.444 e. The number of hydrogen-bond donors (Lipinski definition) is 2. The molecule has 40 heavy (non-hydrogen) atoms. The van der Waals surface area contributed by atoms with Crippen LogP contribution in [0.2, 0.25) is 0 Å². The lowest BCUT2D eigenvalue weighted by Gasteiger charge is -2.23. The number of carbonyl (C=O) groups excluding carboxylic acids is 2. The van der Waals surface area contributed by atoms with Crippen molar-refractivity contribution < 1.29 is 14.3 Å². The Balaban J connectivity index is 1.45. The van der Waals surface area contributed by atoms with Gasteiger partial charge in [0.2, 0.25) is 5.91 Å². The van der Waals surface area contributed by atoms with Gasteiger partial charge in [-0.15, -0.1) is 0 Å². The van der Waals surface area contributed by atoms with Crippen molar-refractivity contribution in [3.63, 3.8) is 0 Å². The molecule has 2 N–H and O–H groups in total. The number of nitrogens with zero attached hydrogens (tertiary/aromatic N) is 4. The third-order valence-electron chi connectivity index (χ3n) is 6.54. The van der Waals surface area contributed by atoms with E-state index in [1.54, 1.807) is 27.8 Å². The molecule has 1 saturated heterocycles. The van der Waals surface area contributed by atoms with Crippen molar-refractivity contribution in [2.24, 2.45) is 7.05 Å². The number of carbonyl (C=O) groups is 2. The van der Waals surface area contributed by atoms with Crippen LogP contribution in [0.3, 0.4) is 0 Å². The smallest absolute Gasteiger partial charge is 0.407 e. The van der Waals surface area contributed by atoms with Crippen LogP contribution in [0.15, 0.2) is 65.5 Å². The molecule has 1 fully saturated rings.